The molecule has 1 saturated carbocycles. The quantitative estimate of drug-likeness (QED) is 0.632. The van der Waals surface area contributed by atoms with E-state index in [9.17, 15) is 5.11 Å². The van der Waals surface area contributed by atoms with Gasteiger partial charge in [0.15, 0.2) is 0 Å². The molecular formula is C12H23NO3. The van der Waals surface area contributed by atoms with Gasteiger partial charge < -0.3 is 19.9 Å². The van der Waals surface area contributed by atoms with Crippen LogP contribution in [0.15, 0.2) is 0 Å². The minimum absolute atomic E-state index is 0.374. The maximum Gasteiger partial charge on any atom is 0.0897 e. The number of aliphatic hydroxyl groups is 1. The molecule has 16 heavy (non-hydrogen) atoms. The molecule has 0 aromatic carbocycles. The number of nitrogens with one attached hydrogen (secondary N) is 1. The fraction of sp³-hybridized carbons (Fsp3) is 1.00. The molecule has 0 aromatic heterocycles. The van der Waals surface area contributed by atoms with Crippen LogP contribution in [0, 0.1) is 11.8 Å². The van der Waals surface area contributed by atoms with Crippen molar-refractivity contribution in [1.82, 2.24) is 5.32 Å². The van der Waals surface area contributed by atoms with E-state index in [4.69, 9.17) is 9.47 Å². The molecule has 0 amide bonds. The smallest absolute Gasteiger partial charge is 0.0897 e. The molecule has 1 aliphatic heterocycles. The highest BCUT2D eigenvalue weighted by Crippen LogP contribution is 2.28. The van der Waals surface area contributed by atoms with E-state index in [-0.39, 0.29) is 6.10 Å². The molecule has 2 fully saturated rings. The summed E-state index contributed by atoms with van der Waals surface area (Å²) in [6.07, 6.45) is 3.37. The van der Waals surface area contributed by atoms with Gasteiger partial charge in [-0.05, 0) is 31.1 Å². The fourth-order valence-electron chi connectivity index (χ4n) is 1.91. The van der Waals surface area contributed by atoms with E-state index in [0.29, 0.717) is 19.1 Å². The van der Waals surface area contributed by atoms with E-state index in [2.05, 4.69) is 5.32 Å². The lowest BCUT2D eigenvalue weighted by atomic mass is 10.1. The SMILES string of the molecule is OC(CNCC1CCOC1)COCC1CC1. The third-order valence-electron chi connectivity index (χ3n) is 3.20. The van der Waals surface area contributed by atoms with E-state index in [1.807, 2.05) is 0 Å². The summed E-state index contributed by atoms with van der Waals surface area (Å²) in [5.41, 5.74) is 0. The zero-order valence-electron chi connectivity index (χ0n) is 9.86. The van der Waals surface area contributed by atoms with Crippen molar-refractivity contribution in [2.24, 2.45) is 11.8 Å². The molecule has 94 valence electrons. The summed E-state index contributed by atoms with van der Waals surface area (Å²) in [4.78, 5) is 0. The van der Waals surface area contributed by atoms with Crippen LogP contribution in [0.4, 0.5) is 0 Å². The van der Waals surface area contributed by atoms with Gasteiger partial charge in [-0.2, -0.15) is 0 Å². The Labute approximate surface area is 97.3 Å². The molecule has 0 radical (unpaired) electrons. The van der Waals surface area contributed by atoms with Crippen LogP contribution >= 0.6 is 0 Å². The average molecular weight is 229 g/mol. The number of hydrogen-bond donors (Lipinski definition) is 2. The van der Waals surface area contributed by atoms with Crippen LogP contribution < -0.4 is 5.32 Å². The second-order valence-corrected chi connectivity index (χ2v) is 5.02. The number of hydrogen-bond acceptors (Lipinski definition) is 4. The highest BCUT2D eigenvalue weighted by molar-refractivity contribution is 4.72. The van der Waals surface area contributed by atoms with Gasteiger partial charge in [-0.15, -0.1) is 0 Å². The molecule has 1 aliphatic carbocycles. The Bertz CT molecular complexity index is 191. The van der Waals surface area contributed by atoms with Crippen molar-refractivity contribution in [2.75, 3.05) is 39.5 Å². The Morgan fingerprint density at radius 2 is 2.19 bits per heavy atom. The molecular weight excluding hydrogens is 206 g/mol. The zero-order chi connectivity index (χ0) is 11.2. The lowest BCUT2D eigenvalue weighted by Crippen LogP contribution is -2.33. The summed E-state index contributed by atoms with van der Waals surface area (Å²) in [5, 5.41) is 12.9. The second kappa shape index (κ2) is 6.55. The van der Waals surface area contributed by atoms with Gasteiger partial charge in [0.25, 0.3) is 0 Å². The largest absolute Gasteiger partial charge is 0.389 e. The Hall–Kier alpha value is -0.160. The van der Waals surface area contributed by atoms with Crippen molar-refractivity contribution in [3.8, 4) is 0 Å². The first-order chi connectivity index (χ1) is 7.84. The van der Waals surface area contributed by atoms with Gasteiger partial charge in [0.2, 0.25) is 0 Å². The molecule has 1 heterocycles. The lowest BCUT2D eigenvalue weighted by Gasteiger charge is -2.14. The van der Waals surface area contributed by atoms with Gasteiger partial charge in [-0.25, -0.2) is 0 Å². The Morgan fingerprint density at radius 1 is 1.31 bits per heavy atom. The van der Waals surface area contributed by atoms with Crippen LogP contribution in [0.3, 0.4) is 0 Å². The molecule has 0 bridgehead atoms. The molecule has 4 nitrogen and oxygen atoms in total. The fourth-order valence-corrected chi connectivity index (χ4v) is 1.91. The molecule has 2 unspecified atom stereocenters. The minimum atomic E-state index is -0.374. The molecule has 2 rings (SSSR count). The summed E-state index contributed by atoms with van der Waals surface area (Å²) in [5.74, 6) is 1.40. The van der Waals surface area contributed by atoms with Gasteiger partial charge in [0.05, 0.1) is 19.3 Å². The van der Waals surface area contributed by atoms with Gasteiger partial charge >= 0.3 is 0 Å². The van der Waals surface area contributed by atoms with Crippen LogP contribution in [0.25, 0.3) is 0 Å². The van der Waals surface area contributed by atoms with Crippen LogP contribution in [0.5, 0.6) is 0 Å². The van der Waals surface area contributed by atoms with Crippen LogP contribution in [-0.2, 0) is 9.47 Å². The first-order valence-electron chi connectivity index (χ1n) is 6.39. The molecule has 2 N–H and O–H groups in total. The first kappa shape index (κ1) is 12.3. The van der Waals surface area contributed by atoms with Gasteiger partial charge in [-0.3, -0.25) is 0 Å². The summed E-state index contributed by atoms with van der Waals surface area (Å²) in [7, 11) is 0. The van der Waals surface area contributed by atoms with Crippen molar-refractivity contribution in [2.45, 2.75) is 25.4 Å². The van der Waals surface area contributed by atoms with Gasteiger partial charge in [0.1, 0.15) is 0 Å². The van der Waals surface area contributed by atoms with Crippen molar-refractivity contribution in [3.05, 3.63) is 0 Å². The monoisotopic (exact) mass is 229 g/mol. The van der Waals surface area contributed by atoms with Crippen LogP contribution in [0.1, 0.15) is 19.3 Å². The topological polar surface area (TPSA) is 50.7 Å². The zero-order valence-corrected chi connectivity index (χ0v) is 9.86. The molecule has 0 spiro atoms. The minimum Gasteiger partial charge on any atom is -0.389 e. The van der Waals surface area contributed by atoms with E-state index >= 15 is 0 Å². The third kappa shape index (κ3) is 4.78. The molecule has 2 atom stereocenters. The van der Waals surface area contributed by atoms with Crippen molar-refractivity contribution in [3.63, 3.8) is 0 Å². The van der Waals surface area contributed by atoms with E-state index in [1.54, 1.807) is 0 Å². The number of aliphatic hydroxyl groups excluding tert-OH is 1. The Morgan fingerprint density at radius 3 is 2.88 bits per heavy atom. The number of rotatable bonds is 8. The second-order valence-electron chi connectivity index (χ2n) is 5.02. The van der Waals surface area contributed by atoms with Crippen molar-refractivity contribution in [1.29, 1.82) is 0 Å². The summed E-state index contributed by atoms with van der Waals surface area (Å²) in [6.45, 7) is 4.61. The third-order valence-corrected chi connectivity index (χ3v) is 3.20. The predicted molar refractivity (Wildman–Crippen MR) is 61.3 cm³/mol. The molecule has 2 aliphatic rings. The standard InChI is InChI=1S/C12H23NO3/c14-12(9-16-7-10-1-2-10)6-13-5-11-3-4-15-8-11/h10-14H,1-9H2. The molecule has 4 heteroatoms. The highest BCUT2D eigenvalue weighted by atomic mass is 16.5. The summed E-state index contributed by atoms with van der Waals surface area (Å²) < 4.78 is 10.7. The van der Waals surface area contributed by atoms with E-state index < -0.39 is 0 Å². The predicted octanol–water partition coefficient (Wildman–Crippen LogP) is 0.400. The maximum atomic E-state index is 9.64. The van der Waals surface area contributed by atoms with Gasteiger partial charge in [-0.1, -0.05) is 0 Å². The Balaban J connectivity index is 1.41. The maximum absolute atomic E-state index is 9.64. The van der Waals surface area contributed by atoms with E-state index in [0.717, 1.165) is 38.7 Å². The molecule has 0 aromatic rings. The average Bonchev–Trinajstić information content (AvgIpc) is 2.94. The van der Waals surface area contributed by atoms with Crippen LogP contribution in [-0.4, -0.2) is 50.7 Å². The van der Waals surface area contributed by atoms with Crippen LogP contribution in [0.2, 0.25) is 0 Å². The summed E-state index contributed by atoms with van der Waals surface area (Å²) >= 11 is 0. The normalized spacial score (nSPS) is 27.2. The van der Waals surface area contributed by atoms with Crippen molar-refractivity contribution < 1.29 is 14.6 Å². The number of ether oxygens (including phenoxy) is 2. The molecule has 1 saturated heterocycles. The first-order valence-corrected chi connectivity index (χ1v) is 6.39. The lowest BCUT2D eigenvalue weighted by molar-refractivity contribution is 0.0321. The summed E-state index contributed by atoms with van der Waals surface area (Å²) in [6, 6.07) is 0. The van der Waals surface area contributed by atoms with Crippen molar-refractivity contribution >= 4 is 0 Å². The van der Waals surface area contributed by atoms with E-state index in [1.165, 1.54) is 12.8 Å². The highest BCUT2D eigenvalue weighted by Gasteiger charge is 2.21. The van der Waals surface area contributed by atoms with Gasteiger partial charge in [0, 0.05) is 26.3 Å². The Kier molecular flexibility index (Phi) is 5.03.